The van der Waals surface area contributed by atoms with E-state index >= 15 is 0 Å². The standard InChI is InChI=1S/C27H40FN3O2/c1-17(2)27(6,28)16-33-24-11-10-21(12-19(24)4)14-31-15-22-23(30)9-7-8-18(3)25(22)26(32)20(5)13-29/h7,9-12,15,17,20,23,31H,8,13-14,16,29-30H2,1-6H3/b22-15+. The van der Waals surface area contributed by atoms with Gasteiger partial charge in [0.25, 0.3) is 0 Å². The minimum absolute atomic E-state index is 0.0182. The molecular weight excluding hydrogens is 417 g/mol. The van der Waals surface area contributed by atoms with Crippen LogP contribution in [0.1, 0.15) is 52.2 Å². The number of benzene rings is 1. The van der Waals surface area contributed by atoms with Gasteiger partial charge in [-0.15, -0.1) is 0 Å². The Morgan fingerprint density at radius 2 is 2.03 bits per heavy atom. The zero-order valence-corrected chi connectivity index (χ0v) is 20.9. The predicted molar refractivity (Wildman–Crippen MR) is 134 cm³/mol. The van der Waals surface area contributed by atoms with Crippen LogP contribution in [0, 0.1) is 18.8 Å². The highest BCUT2D eigenvalue weighted by Gasteiger charge is 2.29. The van der Waals surface area contributed by atoms with Gasteiger partial charge in [0.1, 0.15) is 18.0 Å². The van der Waals surface area contributed by atoms with Gasteiger partial charge in [-0.05, 0) is 55.9 Å². The van der Waals surface area contributed by atoms with E-state index in [1.54, 1.807) is 6.92 Å². The molecule has 6 heteroatoms. The van der Waals surface area contributed by atoms with E-state index in [1.807, 2.05) is 71.2 Å². The smallest absolute Gasteiger partial charge is 0.167 e. The Bertz CT molecular complexity index is 931. The third-order valence-electron chi connectivity index (χ3n) is 6.41. The van der Waals surface area contributed by atoms with Crippen molar-refractivity contribution in [1.29, 1.82) is 0 Å². The van der Waals surface area contributed by atoms with Crippen molar-refractivity contribution in [2.45, 2.75) is 66.2 Å². The predicted octanol–water partition coefficient (Wildman–Crippen LogP) is 4.50. The minimum atomic E-state index is -1.38. The number of halogens is 1. The second kappa shape index (κ2) is 11.6. The summed E-state index contributed by atoms with van der Waals surface area (Å²) in [6.07, 6.45) is 6.47. The molecule has 1 aromatic rings. The van der Waals surface area contributed by atoms with E-state index in [0.717, 1.165) is 22.3 Å². The fourth-order valence-corrected chi connectivity index (χ4v) is 3.53. The van der Waals surface area contributed by atoms with Gasteiger partial charge >= 0.3 is 0 Å². The molecule has 0 heterocycles. The number of hydrogen-bond donors (Lipinski definition) is 3. The van der Waals surface area contributed by atoms with Crippen LogP contribution in [0.15, 0.2) is 53.3 Å². The molecule has 2 rings (SSSR count). The van der Waals surface area contributed by atoms with Gasteiger partial charge in [0, 0.05) is 30.8 Å². The number of carbonyl (C=O) groups excluding carboxylic acids is 1. The Balaban J connectivity index is 2.15. The Morgan fingerprint density at radius 1 is 1.33 bits per heavy atom. The number of allylic oxidation sites excluding steroid dienone is 2. The van der Waals surface area contributed by atoms with Crippen molar-refractivity contribution in [2.24, 2.45) is 23.3 Å². The number of aryl methyl sites for hydroxylation is 1. The maximum Gasteiger partial charge on any atom is 0.167 e. The van der Waals surface area contributed by atoms with Gasteiger partial charge in [-0.2, -0.15) is 0 Å². The van der Waals surface area contributed by atoms with E-state index in [0.29, 0.717) is 30.8 Å². The SMILES string of the molecule is CC1=C(C(=O)C(C)CN)/C(=C/NCc2ccc(OCC(C)(F)C(C)C)c(C)c2)C(N)C=CC1. The largest absolute Gasteiger partial charge is 0.490 e. The van der Waals surface area contributed by atoms with Crippen LogP contribution >= 0.6 is 0 Å². The first-order chi connectivity index (χ1) is 15.5. The van der Waals surface area contributed by atoms with Crippen LogP contribution in [0.4, 0.5) is 4.39 Å². The Kier molecular flexibility index (Phi) is 9.44. The maximum atomic E-state index is 14.5. The summed E-state index contributed by atoms with van der Waals surface area (Å²) in [4.78, 5) is 13.0. The zero-order chi connectivity index (χ0) is 24.8. The molecule has 0 amide bonds. The molecule has 1 aliphatic rings. The van der Waals surface area contributed by atoms with Crippen molar-refractivity contribution in [2.75, 3.05) is 13.2 Å². The highest BCUT2D eigenvalue weighted by atomic mass is 19.1. The van der Waals surface area contributed by atoms with E-state index in [1.165, 1.54) is 0 Å². The minimum Gasteiger partial charge on any atom is -0.490 e. The maximum absolute atomic E-state index is 14.5. The summed E-state index contributed by atoms with van der Waals surface area (Å²) < 4.78 is 20.3. The number of carbonyl (C=O) groups is 1. The summed E-state index contributed by atoms with van der Waals surface area (Å²) in [7, 11) is 0. The van der Waals surface area contributed by atoms with Crippen LogP contribution in [-0.4, -0.2) is 30.6 Å². The summed E-state index contributed by atoms with van der Waals surface area (Å²) in [6, 6.07) is 5.47. The molecule has 0 spiro atoms. The van der Waals surface area contributed by atoms with Gasteiger partial charge in [0.2, 0.25) is 0 Å². The number of rotatable bonds is 10. The summed E-state index contributed by atoms with van der Waals surface area (Å²) >= 11 is 0. The Labute approximate surface area is 198 Å². The lowest BCUT2D eigenvalue weighted by Crippen LogP contribution is -2.33. The molecule has 5 nitrogen and oxygen atoms in total. The first-order valence-electron chi connectivity index (χ1n) is 11.7. The van der Waals surface area contributed by atoms with E-state index in [2.05, 4.69) is 5.32 Å². The van der Waals surface area contributed by atoms with Crippen molar-refractivity contribution >= 4 is 5.78 Å². The molecule has 0 saturated heterocycles. The molecule has 3 unspecified atom stereocenters. The number of ketones is 1. The van der Waals surface area contributed by atoms with Crippen LogP contribution in [0.2, 0.25) is 0 Å². The first-order valence-corrected chi connectivity index (χ1v) is 11.7. The van der Waals surface area contributed by atoms with Crippen molar-refractivity contribution in [3.8, 4) is 5.75 Å². The van der Waals surface area contributed by atoms with Crippen LogP contribution in [0.25, 0.3) is 0 Å². The van der Waals surface area contributed by atoms with Gasteiger partial charge in [0.05, 0.1) is 6.04 Å². The second-order valence-corrected chi connectivity index (χ2v) is 9.62. The molecular formula is C27H40FN3O2. The monoisotopic (exact) mass is 457 g/mol. The molecule has 0 radical (unpaired) electrons. The molecule has 0 aliphatic heterocycles. The molecule has 182 valence electrons. The summed E-state index contributed by atoms with van der Waals surface area (Å²) in [6.45, 7) is 11.9. The molecule has 1 aromatic carbocycles. The molecule has 3 atom stereocenters. The number of nitrogens with two attached hydrogens (primary N) is 2. The number of Topliss-reactive ketones (excluding diaryl/α,β-unsaturated/α-hetero) is 1. The highest BCUT2D eigenvalue weighted by molar-refractivity contribution is 6.02. The van der Waals surface area contributed by atoms with Gasteiger partial charge in [0.15, 0.2) is 5.78 Å². The lowest BCUT2D eigenvalue weighted by atomic mass is 9.88. The van der Waals surface area contributed by atoms with Crippen molar-refractivity contribution in [1.82, 2.24) is 5.32 Å². The van der Waals surface area contributed by atoms with Crippen LogP contribution < -0.4 is 21.5 Å². The number of ether oxygens (including phenoxy) is 1. The van der Waals surface area contributed by atoms with Gasteiger partial charge in [-0.25, -0.2) is 4.39 Å². The number of hydrogen-bond acceptors (Lipinski definition) is 5. The van der Waals surface area contributed by atoms with Gasteiger partial charge < -0.3 is 21.5 Å². The quantitative estimate of drug-likeness (QED) is 0.450. The third-order valence-corrected chi connectivity index (χ3v) is 6.41. The average molecular weight is 458 g/mol. The Morgan fingerprint density at radius 3 is 2.64 bits per heavy atom. The second-order valence-electron chi connectivity index (χ2n) is 9.62. The van der Waals surface area contributed by atoms with Gasteiger partial charge in [-0.3, -0.25) is 4.79 Å². The van der Waals surface area contributed by atoms with Crippen molar-refractivity contribution in [3.63, 3.8) is 0 Å². The molecule has 0 aromatic heterocycles. The summed E-state index contributed by atoms with van der Waals surface area (Å²) in [5, 5.41) is 3.32. The lowest BCUT2D eigenvalue weighted by Gasteiger charge is -2.25. The van der Waals surface area contributed by atoms with E-state index in [9.17, 15) is 9.18 Å². The Hall–Kier alpha value is -2.44. The molecule has 0 saturated carbocycles. The van der Waals surface area contributed by atoms with E-state index in [4.69, 9.17) is 16.2 Å². The van der Waals surface area contributed by atoms with Crippen LogP contribution in [0.5, 0.6) is 5.75 Å². The molecule has 33 heavy (non-hydrogen) atoms. The number of nitrogens with one attached hydrogen (secondary N) is 1. The number of alkyl halides is 1. The highest BCUT2D eigenvalue weighted by Crippen LogP contribution is 2.28. The van der Waals surface area contributed by atoms with Crippen molar-refractivity contribution < 1.29 is 13.9 Å². The van der Waals surface area contributed by atoms with Gasteiger partial charge in [-0.1, -0.05) is 50.6 Å². The molecule has 5 N–H and O–H groups in total. The first kappa shape index (κ1) is 26.8. The normalized spacial score (nSPS) is 20.5. The average Bonchev–Trinajstić information content (AvgIpc) is 2.89. The molecule has 0 bridgehead atoms. The summed E-state index contributed by atoms with van der Waals surface area (Å²) in [5.74, 6) is 0.322. The van der Waals surface area contributed by atoms with E-state index in [-0.39, 0.29) is 30.3 Å². The molecule has 1 aliphatic carbocycles. The van der Waals surface area contributed by atoms with Crippen LogP contribution in [0.3, 0.4) is 0 Å². The van der Waals surface area contributed by atoms with Crippen molar-refractivity contribution in [3.05, 3.63) is 64.4 Å². The fourth-order valence-electron chi connectivity index (χ4n) is 3.53. The third kappa shape index (κ3) is 7.02. The fraction of sp³-hybridized carbons (Fsp3) is 0.519. The summed E-state index contributed by atoms with van der Waals surface area (Å²) in [5.41, 5.74) is 15.2. The lowest BCUT2D eigenvalue weighted by molar-refractivity contribution is -0.118. The van der Waals surface area contributed by atoms with Crippen LogP contribution in [-0.2, 0) is 11.3 Å². The molecule has 0 fully saturated rings. The zero-order valence-electron chi connectivity index (χ0n) is 20.9. The van der Waals surface area contributed by atoms with E-state index < -0.39 is 5.67 Å². The topological polar surface area (TPSA) is 90.4 Å².